The zero-order chi connectivity index (χ0) is 13.6. The van der Waals surface area contributed by atoms with E-state index in [1.807, 2.05) is 0 Å². The highest BCUT2D eigenvalue weighted by molar-refractivity contribution is 5.19. The van der Waals surface area contributed by atoms with Crippen LogP contribution in [0.25, 0.3) is 0 Å². The van der Waals surface area contributed by atoms with E-state index in [4.69, 9.17) is 0 Å². The summed E-state index contributed by atoms with van der Waals surface area (Å²) in [5.41, 5.74) is 1.43. The molecular weight excluding hydrogens is 244 g/mol. The SMILES string of the molecule is C1=CCC(CN2CCCNC(c3ccccc3)C2)CC1. The third-order valence-electron chi connectivity index (χ3n) is 4.58. The van der Waals surface area contributed by atoms with E-state index in [0.717, 1.165) is 19.0 Å². The van der Waals surface area contributed by atoms with Crippen LogP contribution in [-0.2, 0) is 0 Å². The Morgan fingerprint density at radius 2 is 2.05 bits per heavy atom. The molecule has 3 rings (SSSR count). The van der Waals surface area contributed by atoms with Gasteiger partial charge in [0.1, 0.15) is 0 Å². The summed E-state index contributed by atoms with van der Waals surface area (Å²) in [5.74, 6) is 0.870. The molecule has 0 spiro atoms. The van der Waals surface area contributed by atoms with Crippen LogP contribution in [0.1, 0.15) is 37.3 Å². The molecule has 2 aliphatic rings. The van der Waals surface area contributed by atoms with Crippen LogP contribution in [-0.4, -0.2) is 31.1 Å². The highest BCUT2D eigenvalue weighted by Crippen LogP contribution is 2.22. The number of hydrogen-bond donors (Lipinski definition) is 1. The summed E-state index contributed by atoms with van der Waals surface area (Å²) < 4.78 is 0. The van der Waals surface area contributed by atoms with Gasteiger partial charge in [0.15, 0.2) is 0 Å². The maximum Gasteiger partial charge on any atom is 0.0449 e. The van der Waals surface area contributed by atoms with Crippen molar-refractivity contribution in [2.24, 2.45) is 5.92 Å². The molecule has 1 N–H and O–H groups in total. The zero-order valence-electron chi connectivity index (χ0n) is 12.3. The predicted octanol–water partition coefficient (Wildman–Crippen LogP) is 3.38. The molecule has 1 saturated heterocycles. The Morgan fingerprint density at radius 3 is 2.85 bits per heavy atom. The van der Waals surface area contributed by atoms with Crippen molar-refractivity contribution in [3.63, 3.8) is 0 Å². The summed E-state index contributed by atoms with van der Waals surface area (Å²) in [7, 11) is 0. The van der Waals surface area contributed by atoms with Crippen LogP contribution in [0.2, 0.25) is 0 Å². The van der Waals surface area contributed by atoms with Crippen LogP contribution < -0.4 is 5.32 Å². The second kappa shape index (κ2) is 7.05. The minimum absolute atomic E-state index is 0.498. The second-order valence-corrected chi connectivity index (χ2v) is 6.18. The van der Waals surface area contributed by atoms with Crippen molar-refractivity contribution in [1.29, 1.82) is 0 Å². The van der Waals surface area contributed by atoms with Gasteiger partial charge in [-0.2, -0.15) is 0 Å². The molecule has 1 aromatic rings. The van der Waals surface area contributed by atoms with E-state index in [-0.39, 0.29) is 0 Å². The van der Waals surface area contributed by atoms with Crippen molar-refractivity contribution >= 4 is 0 Å². The Morgan fingerprint density at radius 1 is 1.15 bits per heavy atom. The van der Waals surface area contributed by atoms with Crippen LogP contribution in [0, 0.1) is 5.92 Å². The molecule has 1 aromatic carbocycles. The molecule has 2 nitrogen and oxygen atoms in total. The van der Waals surface area contributed by atoms with Gasteiger partial charge in [0.05, 0.1) is 0 Å². The van der Waals surface area contributed by atoms with Crippen molar-refractivity contribution in [3.05, 3.63) is 48.0 Å². The summed E-state index contributed by atoms with van der Waals surface area (Å²) in [6.07, 6.45) is 9.91. The molecule has 0 bridgehead atoms. The highest BCUT2D eigenvalue weighted by Gasteiger charge is 2.21. The molecule has 0 radical (unpaired) electrons. The minimum Gasteiger partial charge on any atom is -0.309 e. The Hall–Kier alpha value is -1.12. The van der Waals surface area contributed by atoms with E-state index in [1.165, 1.54) is 44.3 Å². The molecule has 108 valence electrons. The van der Waals surface area contributed by atoms with Gasteiger partial charge in [0, 0.05) is 19.1 Å². The lowest BCUT2D eigenvalue weighted by Crippen LogP contribution is -2.35. The third kappa shape index (κ3) is 3.71. The first-order valence-corrected chi connectivity index (χ1v) is 8.07. The van der Waals surface area contributed by atoms with Crippen molar-refractivity contribution in [2.45, 2.75) is 31.7 Å². The van der Waals surface area contributed by atoms with E-state index in [9.17, 15) is 0 Å². The Bertz CT molecular complexity index is 426. The van der Waals surface area contributed by atoms with E-state index < -0.39 is 0 Å². The molecule has 0 aromatic heterocycles. The van der Waals surface area contributed by atoms with Gasteiger partial charge in [0.2, 0.25) is 0 Å². The molecule has 0 saturated carbocycles. The number of nitrogens with one attached hydrogen (secondary N) is 1. The molecule has 2 unspecified atom stereocenters. The second-order valence-electron chi connectivity index (χ2n) is 6.18. The third-order valence-corrected chi connectivity index (χ3v) is 4.58. The fourth-order valence-corrected chi connectivity index (χ4v) is 3.45. The number of hydrogen-bond acceptors (Lipinski definition) is 2. The maximum atomic E-state index is 3.71. The van der Waals surface area contributed by atoms with E-state index in [1.54, 1.807) is 0 Å². The lowest BCUT2D eigenvalue weighted by molar-refractivity contribution is 0.219. The smallest absolute Gasteiger partial charge is 0.0449 e. The fourth-order valence-electron chi connectivity index (χ4n) is 3.45. The molecule has 1 aliphatic carbocycles. The standard InChI is InChI=1S/C18H26N2/c1-3-8-16(9-4-1)14-20-13-7-12-19-18(15-20)17-10-5-2-6-11-17/h1-3,5-6,10-11,16,18-19H,4,7-9,12-15H2. The van der Waals surface area contributed by atoms with Gasteiger partial charge in [-0.1, -0.05) is 42.5 Å². The largest absolute Gasteiger partial charge is 0.309 e. The molecule has 2 heteroatoms. The summed E-state index contributed by atoms with van der Waals surface area (Å²) >= 11 is 0. The zero-order valence-corrected chi connectivity index (χ0v) is 12.3. The van der Waals surface area contributed by atoms with Crippen LogP contribution in [0.3, 0.4) is 0 Å². The van der Waals surface area contributed by atoms with Crippen molar-refractivity contribution in [2.75, 3.05) is 26.2 Å². The Kier molecular flexibility index (Phi) is 4.88. The number of allylic oxidation sites excluding steroid dienone is 2. The fraction of sp³-hybridized carbons (Fsp3) is 0.556. The predicted molar refractivity (Wildman–Crippen MR) is 84.7 cm³/mol. The topological polar surface area (TPSA) is 15.3 Å². The quantitative estimate of drug-likeness (QED) is 0.847. The number of rotatable bonds is 3. The van der Waals surface area contributed by atoms with Crippen LogP contribution >= 0.6 is 0 Å². The Balaban J connectivity index is 1.61. The van der Waals surface area contributed by atoms with Gasteiger partial charge < -0.3 is 10.2 Å². The maximum absolute atomic E-state index is 3.71. The minimum atomic E-state index is 0.498. The first kappa shape index (κ1) is 13.8. The molecule has 0 amide bonds. The van der Waals surface area contributed by atoms with Gasteiger partial charge in [-0.3, -0.25) is 0 Å². The first-order chi connectivity index (χ1) is 9.92. The lowest BCUT2D eigenvalue weighted by Gasteiger charge is -2.29. The van der Waals surface area contributed by atoms with E-state index in [2.05, 4.69) is 52.7 Å². The molecule has 20 heavy (non-hydrogen) atoms. The highest BCUT2D eigenvalue weighted by atomic mass is 15.2. The Labute approximate surface area is 122 Å². The van der Waals surface area contributed by atoms with Crippen molar-refractivity contribution < 1.29 is 0 Å². The molecule has 2 atom stereocenters. The number of nitrogens with zero attached hydrogens (tertiary/aromatic N) is 1. The van der Waals surface area contributed by atoms with Gasteiger partial charge in [-0.15, -0.1) is 0 Å². The number of benzene rings is 1. The van der Waals surface area contributed by atoms with Gasteiger partial charge >= 0.3 is 0 Å². The van der Waals surface area contributed by atoms with E-state index in [0.29, 0.717) is 6.04 Å². The average Bonchev–Trinajstić information content (AvgIpc) is 2.75. The van der Waals surface area contributed by atoms with Crippen LogP contribution in [0.15, 0.2) is 42.5 Å². The van der Waals surface area contributed by atoms with Gasteiger partial charge in [-0.25, -0.2) is 0 Å². The van der Waals surface area contributed by atoms with Crippen LogP contribution in [0.5, 0.6) is 0 Å². The summed E-state index contributed by atoms with van der Waals surface area (Å²) in [4.78, 5) is 2.68. The molecule has 1 heterocycles. The molecular formula is C18H26N2. The summed E-state index contributed by atoms with van der Waals surface area (Å²) in [6.45, 7) is 4.82. The first-order valence-electron chi connectivity index (χ1n) is 8.07. The summed E-state index contributed by atoms with van der Waals surface area (Å²) in [6, 6.07) is 11.4. The van der Waals surface area contributed by atoms with Gasteiger partial charge in [0.25, 0.3) is 0 Å². The van der Waals surface area contributed by atoms with Crippen molar-refractivity contribution in [3.8, 4) is 0 Å². The lowest BCUT2D eigenvalue weighted by atomic mass is 9.93. The molecule has 1 aliphatic heterocycles. The van der Waals surface area contributed by atoms with Crippen LogP contribution in [0.4, 0.5) is 0 Å². The normalized spacial score (nSPS) is 28.2. The summed E-state index contributed by atoms with van der Waals surface area (Å²) in [5, 5.41) is 3.71. The van der Waals surface area contributed by atoms with Gasteiger partial charge in [-0.05, 0) is 50.3 Å². The van der Waals surface area contributed by atoms with Crippen molar-refractivity contribution in [1.82, 2.24) is 10.2 Å². The van der Waals surface area contributed by atoms with E-state index >= 15 is 0 Å². The molecule has 1 fully saturated rings. The monoisotopic (exact) mass is 270 g/mol. The average molecular weight is 270 g/mol.